The molecule has 1 atom stereocenters. The molecule has 0 heterocycles. The molecule has 0 radical (unpaired) electrons. The topological polar surface area (TPSA) is 29.5 Å². The predicted octanol–water partition coefficient (Wildman–Crippen LogP) is 3.68. The van der Waals surface area contributed by atoms with Crippen LogP contribution in [0.3, 0.4) is 0 Å². The first-order chi connectivity index (χ1) is 7.19. The normalized spacial score (nSPS) is 12.5. The van der Waals surface area contributed by atoms with Crippen LogP contribution >= 0.6 is 15.9 Å². The molecule has 84 valence electrons. The van der Waals surface area contributed by atoms with Crippen LogP contribution in [0.2, 0.25) is 0 Å². The molecule has 0 aliphatic heterocycles. The summed E-state index contributed by atoms with van der Waals surface area (Å²) in [7, 11) is 1.62. The van der Waals surface area contributed by atoms with Crippen LogP contribution in [0, 0.1) is 0 Å². The van der Waals surface area contributed by atoms with Crippen LogP contribution in [-0.2, 0) is 0 Å². The number of aliphatic hydroxyl groups excluding tert-OH is 1. The Morgan fingerprint density at radius 1 is 1.47 bits per heavy atom. The molecule has 1 aromatic rings. The van der Waals surface area contributed by atoms with Gasteiger partial charge in [-0.15, -0.1) is 0 Å². The summed E-state index contributed by atoms with van der Waals surface area (Å²) < 4.78 is 6.19. The fourth-order valence-corrected chi connectivity index (χ4v) is 1.90. The number of halogens is 1. The average Bonchev–Trinajstić information content (AvgIpc) is 2.25. The van der Waals surface area contributed by atoms with Gasteiger partial charge in [0, 0.05) is 10.0 Å². The van der Waals surface area contributed by atoms with Crippen molar-refractivity contribution in [3.63, 3.8) is 0 Å². The van der Waals surface area contributed by atoms with Crippen molar-refractivity contribution in [2.45, 2.75) is 32.3 Å². The van der Waals surface area contributed by atoms with Crippen LogP contribution < -0.4 is 4.74 Å². The first-order valence-electron chi connectivity index (χ1n) is 5.20. The Kier molecular flexibility index (Phi) is 5.12. The lowest BCUT2D eigenvalue weighted by atomic mass is 10.0. The van der Waals surface area contributed by atoms with E-state index in [9.17, 15) is 5.11 Å². The molecule has 1 rings (SSSR count). The van der Waals surface area contributed by atoms with Crippen LogP contribution in [0.15, 0.2) is 22.7 Å². The monoisotopic (exact) mass is 272 g/mol. The van der Waals surface area contributed by atoms with Crippen molar-refractivity contribution < 1.29 is 9.84 Å². The van der Waals surface area contributed by atoms with Crippen LogP contribution in [0.1, 0.15) is 37.9 Å². The van der Waals surface area contributed by atoms with Crippen LogP contribution in [0.5, 0.6) is 5.75 Å². The van der Waals surface area contributed by atoms with E-state index >= 15 is 0 Å². The lowest BCUT2D eigenvalue weighted by molar-refractivity contribution is 0.160. The fourth-order valence-electron chi connectivity index (χ4n) is 1.52. The lowest BCUT2D eigenvalue weighted by Crippen LogP contribution is -2.00. The summed E-state index contributed by atoms with van der Waals surface area (Å²) in [6.45, 7) is 2.12. The molecule has 0 saturated carbocycles. The molecule has 2 nitrogen and oxygen atoms in total. The second-order valence-corrected chi connectivity index (χ2v) is 4.46. The van der Waals surface area contributed by atoms with Gasteiger partial charge < -0.3 is 9.84 Å². The number of hydrogen-bond acceptors (Lipinski definition) is 2. The Balaban J connectivity index is 2.85. The van der Waals surface area contributed by atoms with Crippen molar-refractivity contribution in [1.82, 2.24) is 0 Å². The van der Waals surface area contributed by atoms with Crippen molar-refractivity contribution in [3.05, 3.63) is 28.2 Å². The van der Waals surface area contributed by atoms with Crippen molar-refractivity contribution in [2.24, 2.45) is 0 Å². The van der Waals surface area contributed by atoms with Crippen LogP contribution in [0.4, 0.5) is 0 Å². The SMILES string of the molecule is CCCCC(O)c1cc(Br)ccc1OC. The summed E-state index contributed by atoms with van der Waals surface area (Å²) in [5.74, 6) is 0.752. The van der Waals surface area contributed by atoms with Gasteiger partial charge >= 0.3 is 0 Å². The average molecular weight is 273 g/mol. The minimum Gasteiger partial charge on any atom is -0.496 e. The number of hydrogen-bond donors (Lipinski definition) is 1. The molecule has 0 aliphatic carbocycles. The van der Waals surface area contributed by atoms with Gasteiger partial charge in [-0.05, 0) is 24.6 Å². The zero-order valence-electron chi connectivity index (χ0n) is 9.16. The molecule has 0 aliphatic rings. The van der Waals surface area contributed by atoms with E-state index in [4.69, 9.17) is 4.74 Å². The molecule has 15 heavy (non-hydrogen) atoms. The van der Waals surface area contributed by atoms with Gasteiger partial charge in [-0.2, -0.15) is 0 Å². The quantitative estimate of drug-likeness (QED) is 0.886. The summed E-state index contributed by atoms with van der Waals surface area (Å²) in [6, 6.07) is 5.70. The standard InChI is InChI=1S/C12H17BrO2/c1-3-4-5-11(14)10-8-9(13)6-7-12(10)15-2/h6-8,11,14H,3-5H2,1-2H3. The highest BCUT2D eigenvalue weighted by Gasteiger charge is 2.12. The molecular formula is C12H17BrO2. The van der Waals surface area contributed by atoms with E-state index in [1.165, 1.54) is 0 Å². The minimum atomic E-state index is -0.433. The van der Waals surface area contributed by atoms with Crippen molar-refractivity contribution >= 4 is 15.9 Å². The molecule has 0 spiro atoms. The highest BCUT2D eigenvalue weighted by Crippen LogP contribution is 2.30. The molecule has 0 aromatic heterocycles. The van der Waals surface area contributed by atoms with Gasteiger partial charge in [0.1, 0.15) is 5.75 Å². The summed E-state index contributed by atoms with van der Waals surface area (Å²) in [5, 5.41) is 9.99. The Bertz CT molecular complexity index is 312. The van der Waals surface area contributed by atoms with Crippen molar-refractivity contribution in [2.75, 3.05) is 7.11 Å². The van der Waals surface area contributed by atoms with Gasteiger partial charge in [0.15, 0.2) is 0 Å². The molecule has 1 N–H and O–H groups in total. The van der Waals surface area contributed by atoms with Gasteiger partial charge in [-0.3, -0.25) is 0 Å². The number of unbranched alkanes of at least 4 members (excludes halogenated alkanes) is 1. The number of rotatable bonds is 5. The maximum atomic E-state index is 9.99. The summed E-state index contributed by atoms with van der Waals surface area (Å²) in [5.41, 5.74) is 0.861. The van der Waals surface area contributed by atoms with Crippen LogP contribution in [0.25, 0.3) is 0 Å². The van der Waals surface area contributed by atoms with E-state index in [0.717, 1.165) is 35.0 Å². The summed E-state index contributed by atoms with van der Waals surface area (Å²) >= 11 is 3.40. The number of aliphatic hydroxyl groups is 1. The first kappa shape index (κ1) is 12.5. The number of ether oxygens (including phenoxy) is 1. The van der Waals surface area contributed by atoms with Gasteiger partial charge in [0.2, 0.25) is 0 Å². The van der Waals surface area contributed by atoms with E-state index in [2.05, 4.69) is 22.9 Å². The van der Waals surface area contributed by atoms with E-state index in [-0.39, 0.29) is 0 Å². The third-order valence-electron chi connectivity index (χ3n) is 2.38. The highest BCUT2D eigenvalue weighted by molar-refractivity contribution is 9.10. The van der Waals surface area contributed by atoms with Crippen molar-refractivity contribution in [3.8, 4) is 5.75 Å². The third kappa shape index (κ3) is 3.50. The summed E-state index contributed by atoms with van der Waals surface area (Å²) in [4.78, 5) is 0. The Labute approximate surface area is 99.4 Å². The van der Waals surface area contributed by atoms with Gasteiger partial charge in [0.25, 0.3) is 0 Å². The highest BCUT2D eigenvalue weighted by atomic mass is 79.9. The molecule has 0 amide bonds. The fraction of sp³-hybridized carbons (Fsp3) is 0.500. The number of benzene rings is 1. The zero-order chi connectivity index (χ0) is 11.3. The maximum Gasteiger partial charge on any atom is 0.124 e. The Morgan fingerprint density at radius 2 is 2.20 bits per heavy atom. The maximum absolute atomic E-state index is 9.99. The van der Waals surface area contributed by atoms with E-state index in [1.807, 2.05) is 18.2 Å². The first-order valence-corrected chi connectivity index (χ1v) is 5.99. The molecule has 0 saturated heterocycles. The lowest BCUT2D eigenvalue weighted by Gasteiger charge is -2.14. The second kappa shape index (κ2) is 6.13. The van der Waals surface area contributed by atoms with Gasteiger partial charge in [0.05, 0.1) is 13.2 Å². The zero-order valence-corrected chi connectivity index (χ0v) is 10.8. The predicted molar refractivity (Wildman–Crippen MR) is 65.2 cm³/mol. The molecule has 3 heteroatoms. The third-order valence-corrected chi connectivity index (χ3v) is 2.88. The Morgan fingerprint density at radius 3 is 2.80 bits per heavy atom. The van der Waals surface area contributed by atoms with Gasteiger partial charge in [-0.25, -0.2) is 0 Å². The summed E-state index contributed by atoms with van der Waals surface area (Å²) in [6.07, 6.45) is 2.46. The van der Waals surface area contributed by atoms with Gasteiger partial charge in [-0.1, -0.05) is 35.7 Å². The minimum absolute atomic E-state index is 0.433. The molecule has 1 unspecified atom stereocenters. The van der Waals surface area contributed by atoms with E-state index in [0.29, 0.717) is 0 Å². The largest absolute Gasteiger partial charge is 0.496 e. The second-order valence-electron chi connectivity index (χ2n) is 3.54. The van der Waals surface area contributed by atoms with Crippen molar-refractivity contribution in [1.29, 1.82) is 0 Å². The van der Waals surface area contributed by atoms with E-state index in [1.54, 1.807) is 7.11 Å². The Hall–Kier alpha value is -0.540. The van der Waals surface area contributed by atoms with Crippen LogP contribution in [-0.4, -0.2) is 12.2 Å². The smallest absolute Gasteiger partial charge is 0.124 e. The molecule has 0 bridgehead atoms. The molecule has 0 fully saturated rings. The number of methoxy groups -OCH3 is 1. The van der Waals surface area contributed by atoms with E-state index < -0.39 is 6.10 Å². The molecule has 1 aromatic carbocycles. The molecular weight excluding hydrogens is 256 g/mol.